The summed E-state index contributed by atoms with van der Waals surface area (Å²) < 4.78 is 5.14. The molecule has 0 aromatic rings. The quantitative estimate of drug-likeness (QED) is 0.647. The van der Waals surface area contributed by atoms with Crippen LogP contribution in [0.1, 0.15) is 13.8 Å². The fraction of sp³-hybridized carbons (Fsp3) is 0.875. The van der Waals surface area contributed by atoms with E-state index in [0.29, 0.717) is 26.3 Å². The van der Waals surface area contributed by atoms with Gasteiger partial charge in [0.2, 0.25) is 0 Å². The molecule has 1 N–H and O–H groups in total. The van der Waals surface area contributed by atoms with Crippen molar-refractivity contribution in [2.75, 3.05) is 26.3 Å². The Morgan fingerprint density at radius 2 is 1.92 bits per heavy atom. The zero-order valence-electron chi connectivity index (χ0n) is 7.54. The number of carboxylic acids is 1. The third kappa shape index (κ3) is 1.76. The molecule has 1 saturated heterocycles. The normalized spacial score (nSPS) is 20.8. The number of ether oxygens (including phenoxy) is 1. The van der Waals surface area contributed by atoms with Crippen LogP contribution in [-0.4, -0.2) is 47.8 Å². The predicted molar refractivity (Wildman–Crippen MR) is 44.1 cm³/mol. The van der Waals surface area contributed by atoms with E-state index in [2.05, 4.69) is 0 Å². The number of carbonyl (C=O) groups is 1. The number of morpholine rings is 1. The van der Waals surface area contributed by atoms with E-state index >= 15 is 0 Å². The van der Waals surface area contributed by atoms with Crippen molar-refractivity contribution in [1.82, 2.24) is 4.90 Å². The van der Waals surface area contributed by atoms with Gasteiger partial charge in [-0.3, -0.25) is 9.69 Å². The SMILES string of the molecule is CC(C)(C(=O)O)N1CCOCC1. The van der Waals surface area contributed by atoms with Gasteiger partial charge in [0.25, 0.3) is 0 Å². The van der Waals surface area contributed by atoms with E-state index in [1.807, 2.05) is 4.90 Å². The first-order valence-electron chi connectivity index (χ1n) is 4.11. The van der Waals surface area contributed by atoms with E-state index in [1.165, 1.54) is 0 Å². The molecular weight excluding hydrogens is 158 g/mol. The Balaban J connectivity index is 2.59. The Bertz CT molecular complexity index is 173. The lowest BCUT2D eigenvalue weighted by atomic mass is 10.0. The molecule has 1 aliphatic rings. The maximum Gasteiger partial charge on any atom is 0.323 e. The molecule has 0 radical (unpaired) electrons. The Hall–Kier alpha value is -0.610. The second-order valence-corrected chi connectivity index (χ2v) is 3.46. The first-order chi connectivity index (χ1) is 5.55. The molecule has 4 nitrogen and oxygen atoms in total. The molecular formula is C8H15NO3. The molecule has 0 amide bonds. The van der Waals surface area contributed by atoms with Gasteiger partial charge in [-0.2, -0.15) is 0 Å². The monoisotopic (exact) mass is 173 g/mol. The second-order valence-electron chi connectivity index (χ2n) is 3.46. The molecule has 1 rings (SSSR count). The van der Waals surface area contributed by atoms with Crippen LogP contribution in [0.15, 0.2) is 0 Å². The van der Waals surface area contributed by atoms with Crippen molar-refractivity contribution >= 4 is 5.97 Å². The molecule has 0 saturated carbocycles. The number of hydrogen-bond donors (Lipinski definition) is 1. The van der Waals surface area contributed by atoms with Crippen LogP contribution < -0.4 is 0 Å². The van der Waals surface area contributed by atoms with Crippen LogP contribution in [0.3, 0.4) is 0 Å². The fourth-order valence-electron chi connectivity index (χ4n) is 1.26. The van der Waals surface area contributed by atoms with Gasteiger partial charge in [-0.15, -0.1) is 0 Å². The highest BCUT2D eigenvalue weighted by atomic mass is 16.5. The summed E-state index contributed by atoms with van der Waals surface area (Å²) in [6, 6.07) is 0. The average molecular weight is 173 g/mol. The molecule has 12 heavy (non-hydrogen) atoms. The lowest BCUT2D eigenvalue weighted by Crippen LogP contribution is -2.54. The fourth-order valence-corrected chi connectivity index (χ4v) is 1.26. The van der Waals surface area contributed by atoms with Gasteiger partial charge in [-0.25, -0.2) is 0 Å². The van der Waals surface area contributed by atoms with Gasteiger partial charge in [0.1, 0.15) is 5.54 Å². The molecule has 1 heterocycles. The molecule has 0 atom stereocenters. The standard InChI is InChI=1S/C8H15NO3/c1-8(2,7(10)11)9-3-5-12-6-4-9/h3-6H2,1-2H3,(H,10,11). The van der Waals surface area contributed by atoms with Crippen molar-refractivity contribution in [1.29, 1.82) is 0 Å². The third-order valence-corrected chi connectivity index (χ3v) is 2.33. The van der Waals surface area contributed by atoms with Gasteiger partial charge in [0.15, 0.2) is 0 Å². The van der Waals surface area contributed by atoms with Gasteiger partial charge in [0.05, 0.1) is 13.2 Å². The summed E-state index contributed by atoms with van der Waals surface area (Å²) in [5.41, 5.74) is -0.760. The minimum Gasteiger partial charge on any atom is -0.480 e. The van der Waals surface area contributed by atoms with Crippen molar-refractivity contribution in [2.24, 2.45) is 0 Å². The highest BCUT2D eigenvalue weighted by Crippen LogP contribution is 2.15. The van der Waals surface area contributed by atoms with E-state index in [4.69, 9.17) is 9.84 Å². The lowest BCUT2D eigenvalue weighted by molar-refractivity contribution is -0.152. The van der Waals surface area contributed by atoms with Gasteiger partial charge < -0.3 is 9.84 Å². The highest BCUT2D eigenvalue weighted by molar-refractivity contribution is 5.77. The van der Waals surface area contributed by atoms with Gasteiger partial charge >= 0.3 is 5.97 Å². The smallest absolute Gasteiger partial charge is 0.323 e. The topological polar surface area (TPSA) is 49.8 Å². The molecule has 0 aromatic heterocycles. The van der Waals surface area contributed by atoms with Crippen LogP contribution in [-0.2, 0) is 9.53 Å². The summed E-state index contributed by atoms with van der Waals surface area (Å²) in [5.74, 6) is -0.774. The van der Waals surface area contributed by atoms with Crippen LogP contribution in [0.25, 0.3) is 0 Å². The van der Waals surface area contributed by atoms with Gasteiger partial charge in [-0.1, -0.05) is 0 Å². The molecule has 1 aliphatic heterocycles. The zero-order chi connectivity index (χ0) is 9.19. The third-order valence-electron chi connectivity index (χ3n) is 2.33. The van der Waals surface area contributed by atoms with E-state index in [9.17, 15) is 4.79 Å². The summed E-state index contributed by atoms with van der Waals surface area (Å²) in [4.78, 5) is 12.8. The summed E-state index contributed by atoms with van der Waals surface area (Å²) in [6.45, 7) is 6.13. The molecule has 0 bridgehead atoms. The van der Waals surface area contributed by atoms with Crippen molar-refractivity contribution in [2.45, 2.75) is 19.4 Å². The largest absolute Gasteiger partial charge is 0.480 e. The molecule has 0 aromatic carbocycles. The van der Waals surface area contributed by atoms with Crippen molar-refractivity contribution in [3.8, 4) is 0 Å². The molecule has 0 spiro atoms. The lowest BCUT2D eigenvalue weighted by Gasteiger charge is -2.37. The average Bonchev–Trinajstić information content (AvgIpc) is 2.06. The molecule has 0 aliphatic carbocycles. The zero-order valence-corrected chi connectivity index (χ0v) is 7.54. The minimum atomic E-state index is -0.774. The van der Waals surface area contributed by atoms with Crippen molar-refractivity contribution < 1.29 is 14.6 Å². The van der Waals surface area contributed by atoms with E-state index in [0.717, 1.165) is 0 Å². The Labute approximate surface area is 72.1 Å². The first kappa shape index (κ1) is 9.48. The maximum atomic E-state index is 10.8. The Kier molecular flexibility index (Phi) is 2.69. The number of rotatable bonds is 2. The molecule has 70 valence electrons. The number of hydrogen-bond acceptors (Lipinski definition) is 3. The second kappa shape index (κ2) is 3.41. The van der Waals surface area contributed by atoms with E-state index in [1.54, 1.807) is 13.8 Å². The van der Waals surface area contributed by atoms with E-state index in [-0.39, 0.29) is 0 Å². The van der Waals surface area contributed by atoms with Crippen molar-refractivity contribution in [3.63, 3.8) is 0 Å². The van der Waals surface area contributed by atoms with Crippen LogP contribution in [0, 0.1) is 0 Å². The van der Waals surface area contributed by atoms with Gasteiger partial charge in [0, 0.05) is 13.1 Å². The summed E-state index contributed by atoms with van der Waals surface area (Å²) >= 11 is 0. The Morgan fingerprint density at radius 1 is 1.42 bits per heavy atom. The molecule has 4 heteroatoms. The maximum absolute atomic E-state index is 10.8. The summed E-state index contributed by atoms with van der Waals surface area (Å²) in [7, 11) is 0. The van der Waals surface area contributed by atoms with Crippen molar-refractivity contribution in [3.05, 3.63) is 0 Å². The number of nitrogens with zero attached hydrogens (tertiary/aromatic N) is 1. The van der Waals surface area contributed by atoms with Crippen LogP contribution in [0.5, 0.6) is 0 Å². The number of carboxylic acid groups (broad SMARTS) is 1. The van der Waals surface area contributed by atoms with E-state index < -0.39 is 11.5 Å². The van der Waals surface area contributed by atoms with Crippen LogP contribution in [0.4, 0.5) is 0 Å². The first-order valence-corrected chi connectivity index (χ1v) is 4.11. The molecule has 1 fully saturated rings. The number of aliphatic carboxylic acids is 1. The molecule has 0 unspecified atom stereocenters. The summed E-state index contributed by atoms with van der Waals surface area (Å²) in [5, 5.41) is 8.91. The summed E-state index contributed by atoms with van der Waals surface area (Å²) in [6.07, 6.45) is 0. The van der Waals surface area contributed by atoms with Crippen LogP contribution >= 0.6 is 0 Å². The minimum absolute atomic E-state index is 0.636. The Morgan fingerprint density at radius 3 is 2.33 bits per heavy atom. The van der Waals surface area contributed by atoms with Gasteiger partial charge in [-0.05, 0) is 13.8 Å². The predicted octanol–water partition coefficient (Wildman–Crippen LogP) is 0.182. The van der Waals surface area contributed by atoms with Crippen LogP contribution in [0.2, 0.25) is 0 Å². The highest BCUT2D eigenvalue weighted by Gasteiger charge is 2.35.